The number of halogens is 1. The van der Waals surface area contributed by atoms with Crippen LogP contribution in [0.2, 0.25) is 0 Å². The zero-order chi connectivity index (χ0) is 13.0. The minimum atomic E-state index is -0.961. The summed E-state index contributed by atoms with van der Waals surface area (Å²) in [6.07, 6.45) is 3.32. The van der Waals surface area contributed by atoms with E-state index in [4.69, 9.17) is 0 Å². The summed E-state index contributed by atoms with van der Waals surface area (Å²) in [7, 11) is 0. The zero-order valence-corrected chi connectivity index (χ0v) is 11.6. The lowest BCUT2D eigenvalue weighted by Gasteiger charge is -2.24. The van der Waals surface area contributed by atoms with Crippen molar-refractivity contribution in [3.63, 3.8) is 0 Å². The van der Waals surface area contributed by atoms with Gasteiger partial charge in [-0.1, -0.05) is 30.3 Å². The summed E-state index contributed by atoms with van der Waals surface area (Å²) in [6, 6.07) is 9.51. The molecule has 2 rings (SSSR count). The lowest BCUT2D eigenvalue weighted by Crippen LogP contribution is -2.31. The fraction of sp³-hybridized carbons (Fsp3) is 0.231. The first-order chi connectivity index (χ1) is 8.58. The number of rotatable bonds is 4. The van der Waals surface area contributed by atoms with E-state index in [1.165, 1.54) is 0 Å². The smallest absolute Gasteiger partial charge is 0.222 e. The molecular formula is C13H14BrN3O. The van der Waals surface area contributed by atoms with Crippen molar-refractivity contribution in [1.82, 2.24) is 9.97 Å². The van der Waals surface area contributed by atoms with Crippen molar-refractivity contribution in [3.05, 3.63) is 52.8 Å². The first kappa shape index (κ1) is 13.0. The molecule has 0 saturated heterocycles. The van der Waals surface area contributed by atoms with Crippen LogP contribution >= 0.6 is 15.9 Å². The van der Waals surface area contributed by atoms with Gasteiger partial charge in [0.25, 0.3) is 0 Å². The number of aliphatic hydroxyl groups is 1. The van der Waals surface area contributed by atoms with Crippen LogP contribution in [0.25, 0.3) is 0 Å². The standard InChI is InChI=1S/C13H14BrN3O/c1-13(18,10-5-3-2-4-6-10)9-17-12-15-7-11(14)8-16-12/h2-8,18H,9H2,1H3,(H,15,16,17)/t13-/m1/s1. The minimum Gasteiger partial charge on any atom is -0.384 e. The largest absolute Gasteiger partial charge is 0.384 e. The van der Waals surface area contributed by atoms with Crippen molar-refractivity contribution < 1.29 is 5.11 Å². The number of benzene rings is 1. The molecule has 0 fully saturated rings. The van der Waals surface area contributed by atoms with Gasteiger partial charge < -0.3 is 10.4 Å². The topological polar surface area (TPSA) is 58.0 Å². The van der Waals surface area contributed by atoms with Gasteiger partial charge in [0, 0.05) is 12.4 Å². The molecule has 1 heterocycles. The lowest BCUT2D eigenvalue weighted by atomic mass is 9.96. The van der Waals surface area contributed by atoms with Crippen LogP contribution in [0.15, 0.2) is 47.2 Å². The predicted molar refractivity (Wildman–Crippen MR) is 74.2 cm³/mol. The van der Waals surface area contributed by atoms with Gasteiger partial charge >= 0.3 is 0 Å². The number of hydrogen-bond acceptors (Lipinski definition) is 4. The van der Waals surface area contributed by atoms with E-state index in [-0.39, 0.29) is 0 Å². The van der Waals surface area contributed by atoms with E-state index >= 15 is 0 Å². The fourth-order valence-electron chi connectivity index (χ4n) is 1.55. The van der Waals surface area contributed by atoms with E-state index < -0.39 is 5.60 Å². The molecule has 2 N–H and O–H groups in total. The zero-order valence-electron chi connectivity index (χ0n) is 9.97. The van der Waals surface area contributed by atoms with Gasteiger partial charge in [0.2, 0.25) is 5.95 Å². The van der Waals surface area contributed by atoms with Gasteiger partial charge in [-0.05, 0) is 28.4 Å². The molecule has 1 aromatic heterocycles. The molecule has 0 amide bonds. The van der Waals surface area contributed by atoms with E-state index in [1.54, 1.807) is 19.3 Å². The van der Waals surface area contributed by atoms with Crippen molar-refractivity contribution in [2.45, 2.75) is 12.5 Å². The second-order valence-corrected chi connectivity index (χ2v) is 5.13. The molecular weight excluding hydrogens is 294 g/mol. The van der Waals surface area contributed by atoms with Gasteiger partial charge in [-0.3, -0.25) is 0 Å². The normalized spacial score (nSPS) is 13.9. The molecule has 4 nitrogen and oxygen atoms in total. The molecule has 0 aliphatic heterocycles. The van der Waals surface area contributed by atoms with E-state index in [0.717, 1.165) is 10.0 Å². The first-order valence-corrected chi connectivity index (χ1v) is 6.36. The summed E-state index contributed by atoms with van der Waals surface area (Å²) >= 11 is 3.27. The first-order valence-electron chi connectivity index (χ1n) is 5.57. The maximum Gasteiger partial charge on any atom is 0.222 e. The monoisotopic (exact) mass is 307 g/mol. The van der Waals surface area contributed by atoms with E-state index in [0.29, 0.717) is 12.5 Å². The summed E-state index contributed by atoms with van der Waals surface area (Å²) in [4.78, 5) is 8.19. The average Bonchev–Trinajstić information content (AvgIpc) is 2.39. The molecule has 5 heteroatoms. The van der Waals surface area contributed by atoms with Gasteiger partial charge in [0.05, 0.1) is 11.0 Å². The molecule has 0 spiro atoms. The number of nitrogens with one attached hydrogen (secondary N) is 1. The molecule has 18 heavy (non-hydrogen) atoms. The van der Waals surface area contributed by atoms with Crippen molar-refractivity contribution in [3.8, 4) is 0 Å². The van der Waals surface area contributed by atoms with Gasteiger partial charge in [-0.25, -0.2) is 9.97 Å². The van der Waals surface area contributed by atoms with Crippen LogP contribution < -0.4 is 5.32 Å². The van der Waals surface area contributed by atoms with Crippen LogP contribution in [0.1, 0.15) is 12.5 Å². The Balaban J connectivity index is 2.03. The Bertz CT molecular complexity index is 499. The Labute approximate surface area is 114 Å². The molecule has 0 aliphatic rings. The second kappa shape index (κ2) is 5.46. The average molecular weight is 308 g/mol. The van der Waals surface area contributed by atoms with Crippen LogP contribution in [-0.4, -0.2) is 21.6 Å². The van der Waals surface area contributed by atoms with Crippen molar-refractivity contribution in [1.29, 1.82) is 0 Å². The molecule has 1 aromatic carbocycles. The summed E-state index contributed by atoms with van der Waals surface area (Å²) in [6.45, 7) is 2.10. The van der Waals surface area contributed by atoms with E-state index in [2.05, 4.69) is 31.2 Å². The molecule has 0 aliphatic carbocycles. The van der Waals surface area contributed by atoms with Crippen LogP contribution in [0.3, 0.4) is 0 Å². The predicted octanol–water partition coefficient (Wildman–Crippen LogP) is 2.56. The summed E-state index contributed by atoms with van der Waals surface area (Å²) in [5.74, 6) is 0.495. The maximum absolute atomic E-state index is 10.4. The van der Waals surface area contributed by atoms with Gasteiger partial charge in [0.1, 0.15) is 5.60 Å². The third-order valence-corrected chi connectivity index (χ3v) is 3.02. The van der Waals surface area contributed by atoms with Crippen molar-refractivity contribution in [2.24, 2.45) is 0 Å². The second-order valence-electron chi connectivity index (χ2n) is 4.22. The highest BCUT2D eigenvalue weighted by molar-refractivity contribution is 9.10. The van der Waals surface area contributed by atoms with Crippen molar-refractivity contribution in [2.75, 3.05) is 11.9 Å². The van der Waals surface area contributed by atoms with E-state index in [1.807, 2.05) is 30.3 Å². The minimum absolute atomic E-state index is 0.346. The molecule has 0 radical (unpaired) electrons. The SMILES string of the molecule is C[C@@](O)(CNc1ncc(Br)cn1)c1ccccc1. The van der Waals surface area contributed by atoms with Gasteiger partial charge in [-0.2, -0.15) is 0 Å². The Morgan fingerprint density at radius 2 is 1.83 bits per heavy atom. The Morgan fingerprint density at radius 1 is 1.22 bits per heavy atom. The molecule has 0 bridgehead atoms. The Kier molecular flexibility index (Phi) is 3.93. The Morgan fingerprint density at radius 3 is 2.44 bits per heavy atom. The highest BCUT2D eigenvalue weighted by atomic mass is 79.9. The van der Waals surface area contributed by atoms with Gasteiger partial charge in [-0.15, -0.1) is 0 Å². The fourth-order valence-corrected chi connectivity index (χ4v) is 1.76. The number of aromatic nitrogens is 2. The number of nitrogens with zero attached hydrogens (tertiary/aromatic N) is 2. The molecule has 1 atom stereocenters. The van der Waals surface area contributed by atoms with Crippen LogP contribution in [0.4, 0.5) is 5.95 Å². The van der Waals surface area contributed by atoms with Crippen LogP contribution in [-0.2, 0) is 5.60 Å². The summed E-state index contributed by atoms with van der Waals surface area (Å²) < 4.78 is 0.822. The third kappa shape index (κ3) is 3.27. The van der Waals surface area contributed by atoms with Crippen LogP contribution in [0.5, 0.6) is 0 Å². The van der Waals surface area contributed by atoms with Gasteiger partial charge in [0.15, 0.2) is 0 Å². The summed E-state index contributed by atoms with van der Waals surface area (Å²) in [5, 5.41) is 13.4. The molecule has 0 saturated carbocycles. The maximum atomic E-state index is 10.4. The number of anilines is 1. The summed E-state index contributed by atoms with van der Waals surface area (Å²) in [5.41, 5.74) is -0.104. The lowest BCUT2D eigenvalue weighted by molar-refractivity contribution is 0.0713. The van der Waals surface area contributed by atoms with Crippen LogP contribution in [0, 0.1) is 0 Å². The highest BCUT2D eigenvalue weighted by Gasteiger charge is 2.22. The highest BCUT2D eigenvalue weighted by Crippen LogP contribution is 2.20. The third-order valence-electron chi connectivity index (χ3n) is 2.61. The quantitative estimate of drug-likeness (QED) is 0.911. The Hall–Kier alpha value is -1.46. The van der Waals surface area contributed by atoms with Crippen molar-refractivity contribution >= 4 is 21.9 Å². The molecule has 2 aromatic rings. The molecule has 94 valence electrons. The molecule has 0 unspecified atom stereocenters. The van der Waals surface area contributed by atoms with E-state index in [9.17, 15) is 5.11 Å². The number of hydrogen-bond donors (Lipinski definition) is 2.